The predicted molar refractivity (Wildman–Crippen MR) is 56.3 cm³/mol. The minimum absolute atomic E-state index is 0.119. The molecule has 0 atom stereocenters. The first-order valence-electron chi connectivity index (χ1n) is 5.31. The number of primary amides is 1. The molecular weight excluding hydrogens is 162 g/mol. The van der Waals surface area contributed by atoms with Crippen LogP contribution in [0, 0.1) is 11.3 Å². The predicted octanol–water partition coefficient (Wildman–Crippen LogP) is 2.71. The molecule has 0 aromatic rings. The molecule has 0 unspecified atom stereocenters. The molecule has 0 aliphatic heterocycles. The summed E-state index contributed by atoms with van der Waals surface area (Å²) in [5.74, 6) is 0.232. The van der Waals surface area contributed by atoms with Crippen LogP contribution in [0.15, 0.2) is 0 Å². The number of carbonyl (C=O) groups is 1. The van der Waals surface area contributed by atoms with Crippen molar-refractivity contribution in [2.75, 3.05) is 0 Å². The van der Waals surface area contributed by atoms with E-state index < -0.39 is 0 Å². The van der Waals surface area contributed by atoms with Crippen LogP contribution >= 0.6 is 0 Å². The number of rotatable bonds is 6. The lowest BCUT2D eigenvalue weighted by atomic mass is 9.70. The standard InChI is InChI=1S/C11H23NO/c1-5-7-11(8-6-2,9(3)4)10(12)13/h9H,5-8H2,1-4H3,(H2,12,13). The fourth-order valence-corrected chi connectivity index (χ4v) is 2.13. The molecule has 0 heterocycles. The summed E-state index contributed by atoms with van der Waals surface area (Å²) in [5, 5.41) is 0. The van der Waals surface area contributed by atoms with Crippen molar-refractivity contribution in [3.8, 4) is 0 Å². The van der Waals surface area contributed by atoms with Crippen LogP contribution in [0.25, 0.3) is 0 Å². The molecule has 0 fully saturated rings. The zero-order chi connectivity index (χ0) is 10.5. The highest BCUT2D eigenvalue weighted by Crippen LogP contribution is 2.37. The average molecular weight is 185 g/mol. The summed E-state index contributed by atoms with van der Waals surface area (Å²) in [6.45, 7) is 8.40. The summed E-state index contributed by atoms with van der Waals surface area (Å²) >= 11 is 0. The number of hydrogen-bond donors (Lipinski definition) is 1. The van der Waals surface area contributed by atoms with Gasteiger partial charge in [-0.25, -0.2) is 0 Å². The number of nitrogens with two attached hydrogens (primary N) is 1. The Morgan fingerprint density at radius 1 is 1.23 bits per heavy atom. The van der Waals surface area contributed by atoms with Gasteiger partial charge in [0.15, 0.2) is 0 Å². The molecule has 0 aromatic carbocycles. The lowest BCUT2D eigenvalue weighted by molar-refractivity contribution is -0.131. The van der Waals surface area contributed by atoms with E-state index in [0.717, 1.165) is 25.7 Å². The molecule has 0 bridgehead atoms. The Morgan fingerprint density at radius 2 is 1.62 bits per heavy atom. The second-order valence-electron chi connectivity index (χ2n) is 4.18. The van der Waals surface area contributed by atoms with Crippen LogP contribution in [0.4, 0.5) is 0 Å². The van der Waals surface area contributed by atoms with Gasteiger partial charge in [-0.15, -0.1) is 0 Å². The lowest BCUT2D eigenvalue weighted by Gasteiger charge is -2.34. The van der Waals surface area contributed by atoms with Gasteiger partial charge in [0, 0.05) is 0 Å². The van der Waals surface area contributed by atoms with Crippen LogP contribution in [-0.4, -0.2) is 5.91 Å². The summed E-state index contributed by atoms with van der Waals surface area (Å²) in [5.41, 5.74) is 5.25. The normalized spacial score (nSPS) is 12.1. The molecule has 1 amide bonds. The Morgan fingerprint density at radius 3 is 1.77 bits per heavy atom. The average Bonchev–Trinajstić information content (AvgIpc) is 2.03. The largest absolute Gasteiger partial charge is 0.369 e. The quantitative estimate of drug-likeness (QED) is 0.679. The van der Waals surface area contributed by atoms with Gasteiger partial charge in [0.25, 0.3) is 0 Å². The summed E-state index contributed by atoms with van der Waals surface area (Å²) in [6, 6.07) is 0. The van der Waals surface area contributed by atoms with Gasteiger partial charge in [-0.3, -0.25) is 4.79 Å². The SMILES string of the molecule is CCCC(CCC)(C(N)=O)C(C)C. The van der Waals surface area contributed by atoms with Crippen molar-refractivity contribution >= 4 is 5.91 Å². The van der Waals surface area contributed by atoms with Crippen LogP contribution in [0.1, 0.15) is 53.4 Å². The lowest BCUT2D eigenvalue weighted by Crippen LogP contribution is -2.41. The smallest absolute Gasteiger partial charge is 0.223 e. The van der Waals surface area contributed by atoms with Gasteiger partial charge in [0.1, 0.15) is 0 Å². The highest BCUT2D eigenvalue weighted by Gasteiger charge is 2.37. The zero-order valence-electron chi connectivity index (χ0n) is 9.39. The molecule has 0 radical (unpaired) electrons. The summed E-state index contributed by atoms with van der Waals surface area (Å²) < 4.78 is 0. The van der Waals surface area contributed by atoms with Crippen molar-refractivity contribution in [3.63, 3.8) is 0 Å². The molecule has 78 valence electrons. The van der Waals surface area contributed by atoms with E-state index in [-0.39, 0.29) is 11.3 Å². The van der Waals surface area contributed by atoms with E-state index in [0.29, 0.717) is 5.92 Å². The fraction of sp³-hybridized carbons (Fsp3) is 0.909. The van der Waals surface area contributed by atoms with Crippen molar-refractivity contribution in [2.24, 2.45) is 17.1 Å². The summed E-state index contributed by atoms with van der Waals surface area (Å²) in [6.07, 6.45) is 3.91. The minimum Gasteiger partial charge on any atom is -0.369 e. The van der Waals surface area contributed by atoms with Crippen LogP contribution < -0.4 is 5.73 Å². The Labute approximate surface area is 81.9 Å². The highest BCUT2D eigenvalue weighted by molar-refractivity contribution is 5.81. The van der Waals surface area contributed by atoms with Crippen LogP contribution in [0.5, 0.6) is 0 Å². The number of carbonyl (C=O) groups excluding carboxylic acids is 1. The molecule has 0 aliphatic rings. The van der Waals surface area contributed by atoms with Crippen molar-refractivity contribution in [3.05, 3.63) is 0 Å². The molecule has 0 spiro atoms. The second-order valence-corrected chi connectivity index (χ2v) is 4.18. The highest BCUT2D eigenvalue weighted by atomic mass is 16.1. The molecule has 0 saturated heterocycles. The van der Waals surface area contributed by atoms with Crippen molar-refractivity contribution in [1.29, 1.82) is 0 Å². The number of hydrogen-bond acceptors (Lipinski definition) is 1. The molecular formula is C11H23NO. The first-order chi connectivity index (χ1) is 6.01. The van der Waals surface area contributed by atoms with Crippen molar-refractivity contribution in [1.82, 2.24) is 0 Å². The Balaban J connectivity index is 4.69. The van der Waals surface area contributed by atoms with E-state index in [4.69, 9.17) is 5.73 Å². The molecule has 0 saturated carbocycles. The summed E-state index contributed by atoms with van der Waals surface area (Å²) in [4.78, 5) is 11.5. The third-order valence-electron chi connectivity index (χ3n) is 2.99. The Bertz CT molecular complexity index is 157. The van der Waals surface area contributed by atoms with Gasteiger partial charge in [0.05, 0.1) is 5.41 Å². The third-order valence-corrected chi connectivity index (χ3v) is 2.99. The van der Waals surface area contributed by atoms with Crippen LogP contribution in [-0.2, 0) is 4.79 Å². The molecule has 0 rings (SSSR count). The maximum atomic E-state index is 11.5. The molecule has 0 aromatic heterocycles. The molecule has 0 aliphatic carbocycles. The molecule has 2 heteroatoms. The van der Waals surface area contributed by atoms with E-state index in [2.05, 4.69) is 27.7 Å². The molecule has 2 N–H and O–H groups in total. The second kappa shape index (κ2) is 5.25. The van der Waals surface area contributed by atoms with Crippen molar-refractivity contribution < 1.29 is 4.79 Å². The first-order valence-corrected chi connectivity index (χ1v) is 5.31. The van der Waals surface area contributed by atoms with E-state index in [1.54, 1.807) is 0 Å². The van der Waals surface area contributed by atoms with Gasteiger partial charge >= 0.3 is 0 Å². The van der Waals surface area contributed by atoms with Gasteiger partial charge in [-0.05, 0) is 18.8 Å². The third kappa shape index (κ3) is 2.71. The maximum absolute atomic E-state index is 11.5. The van der Waals surface area contributed by atoms with Gasteiger partial charge in [-0.1, -0.05) is 40.5 Å². The van der Waals surface area contributed by atoms with E-state index in [1.165, 1.54) is 0 Å². The summed E-state index contributed by atoms with van der Waals surface area (Å²) in [7, 11) is 0. The zero-order valence-corrected chi connectivity index (χ0v) is 9.39. The minimum atomic E-state index is -0.260. The monoisotopic (exact) mass is 185 g/mol. The molecule has 2 nitrogen and oxygen atoms in total. The Hall–Kier alpha value is -0.530. The first kappa shape index (κ1) is 12.5. The van der Waals surface area contributed by atoms with Crippen molar-refractivity contribution in [2.45, 2.75) is 53.4 Å². The van der Waals surface area contributed by atoms with Crippen LogP contribution in [0.3, 0.4) is 0 Å². The van der Waals surface area contributed by atoms with E-state index >= 15 is 0 Å². The van der Waals surface area contributed by atoms with Gasteiger partial charge < -0.3 is 5.73 Å². The topological polar surface area (TPSA) is 43.1 Å². The van der Waals surface area contributed by atoms with Crippen LogP contribution in [0.2, 0.25) is 0 Å². The maximum Gasteiger partial charge on any atom is 0.223 e. The number of amides is 1. The Kier molecular flexibility index (Phi) is 5.04. The molecule has 13 heavy (non-hydrogen) atoms. The van der Waals surface area contributed by atoms with Gasteiger partial charge in [-0.2, -0.15) is 0 Å². The fourth-order valence-electron chi connectivity index (χ4n) is 2.13. The van der Waals surface area contributed by atoms with E-state index in [1.807, 2.05) is 0 Å². The van der Waals surface area contributed by atoms with Gasteiger partial charge in [0.2, 0.25) is 5.91 Å². The van der Waals surface area contributed by atoms with E-state index in [9.17, 15) is 4.79 Å².